The van der Waals surface area contributed by atoms with Crippen LogP contribution in [0.15, 0.2) is 23.1 Å². The van der Waals surface area contributed by atoms with Gasteiger partial charge in [-0.15, -0.1) is 0 Å². The van der Waals surface area contributed by atoms with Gasteiger partial charge in [0.25, 0.3) is 0 Å². The van der Waals surface area contributed by atoms with E-state index in [1.165, 1.54) is 0 Å². The molecule has 0 aliphatic carbocycles. The highest BCUT2D eigenvalue weighted by Crippen LogP contribution is 2.27. The Hall–Kier alpha value is -1.58. The van der Waals surface area contributed by atoms with Crippen molar-refractivity contribution >= 4 is 16.0 Å². The van der Waals surface area contributed by atoms with Gasteiger partial charge >= 0.3 is 5.97 Å². The number of nitrogens with zero attached hydrogens (tertiary/aromatic N) is 1. The van der Waals surface area contributed by atoms with Gasteiger partial charge < -0.3 is 10.2 Å². The van der Waals surface area contributed by atoms with Crippen molar-refractivity contribution < 1.29 is 32.2 Å². The molecule has 0 radical (unpaired) electrons. The number of hydrogen-bond donors (Lipinski definition) is 2. The first kappa shape index (κ1) is 14.8. The molecule has 0 unspecified atom stereocenters. The Labute approximate surface area is 113 Å². The van der Waals surface area contributed by atoms with Crippen LogP contribution < -0.4 is 0 Å². The van der Waals surface area contributed by atoms with Crippen LogP contribution >= 0.6 is 0 Å². The number of aliphatic hydroxyl groups excluding tert-OH is 1. The number of sulfonamides is 1. The van der Waals surface area contributed by atoms with Gasteiger partial charge in [0.2, 0.25) is 10.0 Å². The molecule has 1 aliphatic rings. The molecule has 0 amide bonds. The van der Waals surface area contributed by atoms with Gasteiger partial charge in [-0.1, -0.05) is 0 Å². The second kappa shape index (κ2) is 5.08. The van der Waals surface area contributed by atoms with Crippen LogP contribution in [0, 0.1) is 11.6 Å². The number of carbonyl (C=O) groups is 1. The molecule has 0 saturated carbocycles. The number of rotatable bonds is 3. The molecule has 9 heteroatoms. The van der Waals surface area contributed by atoms with Crippen molar-refractivity contribution in [3.8, 4) is 0 Å². The van der Waals surface area contributed by atoms with Gasteiger partial charge in [0.05, 0.1) is 11.0 Å². The van der Waals surface area contributed by atoms with Gasteiger partial charge in [-0.05, 0) is 12.1 Å². The molecule has 1 saturated heterocycles. The minimum atomic E-state index is -4.40. The van der Waals surface area contributed by atoms with Gasteiger partial charge in [0.15, 0.2) is 0 Å². The van der Waals surface area contributed by atoms with E-state index in [1.807, 2.05) is 0 Å². The second-order valence-electron chi connectivity index (χ2n) is 4.42. The summed E-state index contributed by atoms with van der Waals surface area (Å²) in [5.41, 5.74) is 0. The third kappa shape index (κ3) is 2.65. The normalized spacial score (nSPS) is 23.9. The van der Waals surface area contributed by atoms with E-state index in [-0.39, 0.29) is 6.42 Å². The number of hydrogen-bond acceptors (Lipinski definition) is 4. The van der Waals surface area contributed by atoms with Crippen molar-refractivity contribution in [2.45, 2.75) is 23.5 Å². The Balaban J connectivity index is 2.46. The lowest BCUT2D eigenvalue weighted by Crippen LogP contribution is -2.40. The van der Waals surface area contributed by atoms with E-state index in [2.05, 4.69) is 0 Å². The fourth-order valence-corrected chi connectivity index (χ4v) is 3.76. The Morgan fingerprint density at radius 2 is 1.80 bits per heavy atom. The number of benzene rings is 1. The third-order valence-corrected chi connectivity index (χ3v) is 4.81. The quantitative estimate of drug-likeness (QED) is 0.830. The number of halogens is 2. The second-order valence-corrected chi connectivity index (χ2v) is 6.31. The molecule has 1 aliphatic heterocycles. The summed E-state index contributed by atoms with van der Waals surface area (Å²) in [6, 6.07) is 0.248. The molecule has 2 rings (SSSR count). The lowest BCUT2D eigenvalue weighted by molar-refractivity contribution is -0.140. The summed E-state index contributed by atoms with van der Waals surface area (Å²) in [5.74, 6) is -3.60. The molecule has 2 N–H and O–H groups in total. The van der Waals surface area contributed by atoms with Crippen molar-refractivity contribution in [2.24, 2.45) is 0 Å². The molecular weight excluding hydrogens is 296 g/mol. The fraction of sp³-hybridized carbons (Fsp3) is 0.364. The SMILES string of the molecule is O=C(O)[C@H]1C[C@@H](O)CN1S(=O)(=O)c1cc(F)cc(F)c1. The van der Waals surface area contributed by atoms with Crippen molar-refractivity contribution in [3.05, 3.63) is 29.8 Å². The predicted molar refractivity (Wildman–Crippen MR) is 62.3 cm³/mol. The maximum absolute atomic E-state index is 13.1. The van der Waals surface area contributed by atoms with Crippen molar-refractivity contribution in [2.75, 3.05) is 6.54 Å². The maximum Gasteiger partial charge on any atom is 0.322 e. The van der Waals surface area contributed by atoms with Crippen LogP contribution in [0.25, 0.3) is 0 Å². The highest BCUT2D eigenvalue weighted by Gasteiger charge is 2.43. The average molecular weight is 307 g/mol. The van der Waals surface area contributed by atoms with E-state index < -0.39 is 51.2 Å². The minimum absolute atomic E-state index is 0.271. The molecule has 0 spiro atoms. The molecular formula is C11H11F2NO5S. The third-order valence-electron chi connectivity index (χ3n) is 2.96. The summed E-state index contributed by atoms with van der Waals surface area (Å²) >= 11 is 0. The van der Waals surface area contributed by atoms with Gasteiger partial charge in [0.1, 0.15) is 17.7 Å². The Kier molecular flexibility index (Phi) is 3.76. The number of aliphatic hydroxyl groups is 1. The Morgan fingerprint density at radius 1 is 1.25 bits per heavy atom. The fourth-order valence-electron chi connectivity index (χ4n) is 2.09. The zero-order valence-electron chi connectivity index (χ0n) is 10.0. The van der Waals surface area contributed by atoms with Crippen LogP contribution in [-0.4, -0.2) is 47.6 Å². The predicted octanol–water partition coefficient (Wildman–Crippen LogP) is 0.173. The van der Waals surface area contributed by atoms with Crippen LogP contribution in [0.3, 0.4) is 0 Å². The van der Waals surface area contributed by atoms with Crippen LogP contribution in [0.5, 0.6) is 0 Å². The topological polar surface area (TPSA) is 94.9 Å². The van der Waals surface area contributed by atoms with E-state index in [0.29, 0.717) is 22.5 Å². The lowest BCUT2D eigenvalue weighted by atomic mass is 10.2. The summed E-state index contributed by atoms with van der Waals surface area (Å²) < 4.78 is 51.1. The average Bonchev–Trinajstić information content (AvgIpc) is 2.71. The molecule has 2 atom stereocenters. The molecule has 0 aromatic heterocycles. The summed E-state index contributed by atoms with van der Waals surface area (Å²) in [5, 5.41) is 18.4. The number of aliphatic carboxylic acids is 1. The monoisotopic (exact) mass is 307 g/mol. The molecule has 0 bridgehead atoms. The number of β-amino-alcohol motifs (C(OH)–C–C–N with tert-alkyl or cyclic N) is 1. The minimum Gasteiger partial charge on any atom is -0.480 e. The summed E-state index contributed by atoms with van der Waals surface area (Å²) in [6.07, 6.45) is -1.41. The largest absolute Gasteiger partial charge is 0.480 e. The molecule has 1 aromatic carbocycles. The van der Waals surface area contributed by atoms with Crippen LogP contribution in [0.4, 0.5) is 8.78 Å². The number of carboxylic acids is 1. The van der Waals surface area contributed by atoms with E-state index >= 15 is 0 Å². The zero-order valence-corrected chi connectivity index (χ0v) is 10.8. The summed E-state index contributed by atoms with van der Waals surface area (Å²) in [4.78, 5) is 10.3. The number of carboxylic acid groups (broad SMARTS) is 1. The smallest absolute Gasteiger partial charge is 0.322 e. The molecule has 6 nitrogen and oxygen atoms in total. The highest BCUT2D eigenvalue weighted by atomic mass is 32.2. The summed E-state index contributed by atoms with van der Waals surface area (Å²) in [7, 11) is -4.40. The zero-order chi connectivity index (χ0) is 15.1. The first-order chi connectivity index (χ1) is 9.21. The highest BCUT2D eigenvalue weighted by molar-refractivity contribution is 7.89. The van der Waals surface area contributed by atoms with Crippen LogP contribution in [0.1, 0.15) is 6.42 Å². The maximum atomic E-state index is 13.1. The Bertz CT molecular complexity index is 628. The van der Waals surface area contributed by atoms with E-state index in [1.54, 1.807) is 0 Å². The Morgan fingerprint density at radius 3 is 2.30 bits per heavy atom. The van der Waals surface area contributed by atoms with Gasteiger partial charge in [0, 0.05) is 19.0 Å². The van der Waals surface area contributed by atoms with Crippen LogP contribution in [-0.2, 0) is 14.8 Å². The summed E-state index contributed by atoms with van der Waals surface area (Å²) in [6.45, 7) is -0.433. The van der Waals surface area contributed by atoms with Gasteiger partial charge in [-0.2, -0.15) is 4.31 Å². The lowest BCUT2D eigenvalue weighted by Gasteiger charge is -2.20. The van der Waals surface area contributed by atoms with Crippen molar-refractivity contribution in [1.29, 1.82) is 0 Å². The van der Waals surface area contributed by atoms with Gasteiger partial charge in [-0.25, -0.2) is 17.2 Å². The van der Waals surface area contributed by atoms with Crippen molar-refractivity contribution in [1.82, 2.24) is 4.31 Å². The molecule has 1 heterocycles. The van der Waals surface area contributed by atoms with E-state index in [4.69, 9.17) is 5.11 Å². The molecule has 1 fully saturated rings. The first-order valence-electron chi connectivity index (χ1n) is 5.60. The van der Waals surface area contributed by atoms with E-state index in [9.17, 15) is 27.1 Å². The van der Waals surface area contributed by atoms with Crippen LogP contribution in [0.2, 0.25) is 0 Å². The first-order valence-corrected chi connectivity index (χ1v) is 7.04. The molecule has 110 valence electrons. The van der Waals surface area contributed by atoms with E-state index in [0.717, 1.165) is 0 Å². The van der Waals surface area contributed by atoms with Gasteiger partial charge in [-0.3, -0.25) is 4.79 Å². The molecule has 1 aromatic rings. The standard InChI is InChI=1S/C11H11F2NO5S/c12-6-1-7(13)3-9(2-6)20(18,19)14-5-8(15)4-10(14)11(16)17/h1-3,8,10,15H,4-5H2,(H,16,17)/t8-,10-/m1/s1. The van der Waals surface area contributed by atoms with Crippen molar-refractivity contribution in [3.63, 3.8) is 0 Å². The molecule has 20 heavy (non-hydrogen) atoms.